The summed E-state index contributed by atoms with van der Waals surface area (Å²) in [5, 5.41) is 9.27. The van der Waals surface area contributed by atoms with E-state index in [0.717, 1.165) is 23.2 Å². The van der Waals surface area contributed by atoms with Gasteiger partial charge in [0.05, 0.1) is 0 Å². The second-order valence-electron chi connectivity index (χ2n) is 5.22. The van der Waals surface area contributed by atoms with E-state index < -0.39 is 5.06 Å². The second-order valence-corrected chi connectivity index (χ2v) is 5.85. The standard InChI is InChI=1S/C17H20ClNO/c1-19(2)13-12-17(18,20)16-11-7-6-10-15(16)14-8-4-3-5-9-14/h3-11,20H,12-13H2,1-2H3. The van der Waals surface area contributed by atoms with Crippen molar-refractivity contribution >= 4 is 11.6 Å². The van der Waals surface area contributed by atoms with Gasteiger partial charge in [-0.1, -0.05) is 66.2 Å². The van der Waals surface area contributed by atoms with E-state index in [9.17, 15) is 5.11 Å². The molecule has 20 heavy (non-hydrogen) atoms. The summed E-state index contributed by atoms with van der Waals surface area (Å²) in [6.07, 6.45) is 0.478. The van der Waals surface area contributed by atoms with Crippen LogP contribution >= 0.6 is 11.6 Å². The van der Waals surface area contributed by atoms with Gasteiger partial charge < -0.3 is 10.0 Å². The summed E-state index contributed by atoms with van der Waals surface area (Å²) in [4.78, 5) is 2.01. The molecule has 0 saturated carbocycles. The topological polar surface area (TPSA) is 23.5 Å². The number of halogens is 1. The minimum Gasteiger partial charge on any atom is -0.371 e. The van der Waals surface area contributed by atoms with Crippen molar-refractivity contribution in [3.8, 4) is 11.1 Å². The third-order valence-corrected chi connectivity index (χ3v) is 3.71. The van der Waals surface area contributed by atoms with Gasteiger partial charge in [-0.25, -0.2) is 0 Å². The van der Waals surface area contributed by atoms with Crippen LogP contribution in [0.5, 0.6) is 0 Å². The Morgan fingerprint density at radius 2 is 1.60 bits per heavy atom. The average molecular weight is 290 g/mol. The molecular formula is C17H20ClNO. The Bertz CT molecular complexity index is 552. The van der Waals surface area contributed by atoms with E-state index in [2.05, 4.69) is 0 Å². The lowest BCUT2D eigenvalue weighted by molar-refractivity contribution is 0.108. The van der Waals surface area contributed by atoms with Gasteiger partial charge in [0.2, 0.25) is 0 Å². The van der Waals surface area contributed by atoms with Crippen LogP contribution < -0.4 is 0 Å². The largest absolute Gasteiger partial charge is 0.371 e. The molecular weight excluding hydrogens is 270 g/mol. The van der Waals surface area contributed by atoms with E-state index in [1.54, 1.807) is 0 Å². The third kappa shape index (κ3) is 3.60. The Labute approximate surface area is 125 Å². The Balaban J connectivity index is 2.37. The fraction of sp³-hybridized carbons (Fsp3) is 0.294. The van der Waals surface area contributed by atoms with Crippen molar-refractivity contribution in [2.45, 2.75) is 11.5 Å². The highest BCUT2D eigenvalue weighted by Crippen LogP contribution is 2.36. The minimum atomic E-state index is -1.35. The van der Waals surface area contributed by atoms with E-state index in [1.165, 1.54) is 0 Å². The van der Waals surface area contributed by atoms with Crippen LogP contribution in [0.15, 0.2) is 54.6 Å². The molecule has 2 aromatic rings. The van der Waals surface area contributed by atoms with Gasteiger partial charge in [0, 0.05) is 18.5 Å². The van der Waals surface area contributed by atoms with Gasteiger partial charge in [0.15, 0.2) is 5.06 Å². The highest BCUT2D eigenvalue weighted by Gasteiger charge is 2.28. The van der Waals surface area contributed by atoms with E-state index in [0.29, 0.717) is 6.42 Å². The molecule has 0 aliphatic carbocycles. The van der Waals surface area contributed by atoms with Crippen molar-refractivity contribution in [2.24, 2.45) is 0 Å². The predicted octanol–water partition coefficient (Wildman–Crippen LogP) is 3.69. The van der Waals surface area contributed by atoms with Gasteiger partial charge in [-0.2, -0.15) is 0 Å². The zero-order valence-electron chi connectivity index (χ0n) is 11.9. The van der Waals surface area contributed by atoms with Crippen molar-refractivity contribution in [3.63, 3.8) is 0 Å². The molecule has 0 saturated heterocycles. The van der Waals surface area contributed by atoms with Crippen LogP contribution in [0.2, 0.25) is 0 Å². The molecule has 0 radical (unpaired) electrons. The van der Waals surface area contributed by atoms with Crippen molar-refractivity contribution in [1.82, 2.24) is 4.90 Å². The van der Waals surface area contributed by atoms with Gasteiger partial charge in [-0.3, -0.25) is 0 Å². The zero-order valence-corrected chi connectivity index (χ0v) is 12.6. The van der Waals surface area contributed by atoms with Gasteiger partial charge in [-0.15, -0.1) is 0 Å². The number of hydrogen-bond donors (Lipinski definition) is 1. The summed E-state index contributed by atoms with van der Waals surface area (Å²) < 4.78 is 0. The minimum absolute atomic E-state index is 0.478. The lowest BCUT2D eigenvalue weighted by Crippen LogP contribution is -2.25. The molecule has 0 heterocycles. The molecule has 0 amide bonds. The van der Waals surface area contributed by atoms with Crippen molar-refractivity contribution < 1.29 is 5.11 Å². The van der Waals surface area contributed by atoms with Gasteiger partial charge >= 0.3 is 0 Å². The van der Waals surface area contributed by atoms with Crippen LogP contribution in [0.4, 0.5) is 0 Å². The molecule has 0 bridgehead atoms. The van der Waals surface area contributed by atoms with Crippen LogP contribution in [0.3, 0.4) is 0 Å². The van der Waals surface area contributed by atoms with E-state index in [1.807, 2.05) is 73.6 Å². The normalized spacial score (nSPS) is 14.2. The SMILES string of the molecule is CN(C)CCC(O)(Cl)c1ccccc1-c1ccccc1. The number of rotatable bonds is 5. The molecule has 0 aliphatic rings. The lowest BCUT2D eigenvalue weighted by atomic mass is 9.94. The van der Waals surface area contributed by atoms with Gasteiger partial charge in [0.25, 0.3) is 0 Å². The number of hydrogen-bond acceptors (Lipinski definition) is 2. The molecule has 1 atom stereocenters. The molecule has 3 heteroatoms. The Kier molecular flexibility index (Phi) is 4.81. The molecule has 1 N–H and O–H groups in total. The first-order valence-electron chi connectivity index (χ1n) is 6.71. The Morgan fingerprint density at radius 3 is 2.25 bits per heavy atom. The number of alkyl halides is 1. The van der Waals surface area contributed by atoms with Crippen molar-refractivity contribution in [3.05, 3.63) is 60.2 Å². The molecule has 0 aromatic heterocycles. The Hall–Kier alpha value is -1.35. The quantitative estimate of drug-likeness (QED) is 0.849. The molecule has 2 rings (SSSR count). The first kappa shape index (κ1) is 15.0. The summed E-state index contributed by atoms with van der Waals surface area (Å²) in [7, 11) is 3.94. The Morgan fingerprint density at radius 1 is 1.00 bits per heavy atom. The molecule has 2 nitrogen and oxygen atoms in total. The maximum absolute atomic E-state index is 10.6. The summed E-state index contributed by atoms with van der Waals surface area (Å²) in [5.41, 5.74) is 2.80. The van der Waals surface area contributed by atoms with Crippen LogP contribution in [0, 0.1) is 0 Å². The first-order valence-corrected chi connectivity index (χ1v) is 7.09. The van der Waals surface area contributed by atoms with Crippen molar-refractivity contribution in [2.75, 3.05) is 20.6 Å². The van der Waals surface area contributed by atoms with E-state index >= 15 is 0 Å². The molecule has 106 valence electrons. The summed E-state index contributed by atoms with van der Waals surface area (Å²) in [6.45, 7) is 0.725. The maximum atomic E-state index is 10.6. The van der Waals surface area contributed by atoms with Gasteiger partial charge in [0.1, 0.15) is 0 Å². The monoisotopic (exact) mass is 289 g/mol. The van der Waals surface area contributed by atoms with Crippen LogP contribution in [0.1, 0.15) is 12.0 Å². The summed E-state index contributed by atoms with van der Waals surface area (Å²) in [5.74, 6) is 0. The van der Waals surface area contributed by atoms with Crippen LogP contribution in [-0.4, -0.2) is 30.6 Å². The predicted molar refractivity (Wildman–Crippen MR) is 84.8 cm³/mol. The van der Waals surface area contributed by atoms with Gasteiger partial charge in [-0.05, 0) is 25.2 Å². The lowest BCUT2D eigenvalue weighted by Gasteiger charge is -2.25. The fourth-order valence-electron chi connectivity index (χ4n) is 2.19. The first-order chi connectivity index (χ1) is 9.50. The molecule has 2 aromatic carbocycles. The van der Waals surface area contributed by atoms with Crippen LogP contribution in [-0.2, 0) is 5.06 Å². The summed E-state index contributed by atoms with van der Waals surface area (Å²) >= 11 is 6.39. The van der Waals surface area contributed by atoms with Crippen LogP contribution in [0.25, 0.3) is 11.1 Å². The second kappa shape index (κ2) is 6.40. The number of aliphatic hydroxyl groups is 1. The van der Waals surface area contributed by atoms with E-state index in [-0.39, 0.29) is 0 Å². The molecule has 0 fully saturated rings. The highest BCUT2D eigenvalue weighted by molar-refractivity contribution is 6.23. The smallest absolute Gasteiger partial charge is 0.166 e. The molecule has 0 spiro atoms. The average Bonchev–Trinajstić information content (AvgIpc) is 2.46. The number of nitrogens with zero attached hydrogens (tertiary/aromatic N) is 1. The highest BCUT2D eigenvalue weighted by atomic mass is 35.5. The maximum Gasteiger partial charge on any atom is 0.166 e. The zero-order chi connectivity index (χ0) is 14.6. The van der Waals surface area contributed by atoms with E-state index in [4.69, 9.17) is 11.6 Å². The molecule has 0 aliphatic heterocycles. The third-order valence-electron chi connectivity index (χ3n) is 3.31. The summed E-state index contributed by atoms with van der Waals surface area (Å²) in [6, 6.07) is 17.8. The van der Waals surface area contributed by atoms with Crippen molar-refractivity contribution in [1.29, 1.82) is 0 Å². The molecule has 1 unspecified atom stereocenters. The number of benzene rings is 2. The fourth-order valence-corrected chi connectivity index (χ4v) is 2.44.